The van der Waals surface area contributed by atoms with Gasteiger partial charge in [0.15, 0.2) is 0 Å². The minimum atomic E-state index is -0.179. The molecule has 22 heavy (non-hydrogen) atoms. The molecule has 0 amide bonds. The Labute approximate surface area is 131 Å². The summed E-state index contributed by atoms with van der Waals surface area (Å²) in [5.41, 5.74) is 2.33. The fourth-order valence-corrected chi connectivity index (χ4v) is 3.02. The normalized spacial score (nSPS) is 20.7. The Morgan fingerprint density at radius 1 is 1.18 bits per heavy atom. The molecule has 1 unspecified atom stereocenters. The number of hydrogen-bond donors (Lipinski definition) is 0. The number of morpholine rings is 1. The van der Waals surface area contributed by atoms with Crippen molar-refractivity contribution in [1.29, 1.82) is 0 Å². The van der Waals surface area contributed by atoms with Crippen LogP contribution in [0.3, 0.4) is 0 Å². The van der Waals surface area contributed by atoms with Crippen LogP contribution in [-0.2, 0) is 11.3 Å². The van der Waals surface area contributed by atoms with E-state index in [1.165, 1.54) is 11.6 Å². The molecule has 2 aromatic rings. The van der Waals surface area contributed by atoms with E-state index >= 15 is 0 Å². The van der Waals surface area contributed by atoms with Crippen molar-refractivity contribution in [2.45, 2.75) is 25.5 Å². The van der Waals surface area contributed by atoms with E-state index in [1.54, 1.807) is 12.1 Å². The van der Waals surface area contributed by atoms with Gasteiger partial charge >= 0.3 is 0 Å². The third-order valence-electron chi connectivity index (χ3n) is 4.36. The summed E-state index contributed by atoms with van der Waals surface area (Å²) in [7, 11) is 0. The van der Waals surface area contributed by atoms with Crippen LogP contribution in [0.5, 0.6) is 0 Å². The molecule has 2 aromatic carbocycles. The smallest absolute Gasteiger partial charge is 0.123 e. The lowest BCUT2D eigenvalue weighted by Crippen LogP contribution is -2.44. The fourth-order valence-electron chi connectivity index (χ4n) is 3.02. The molecule has 0 aromatic heterocycles. The van der Waals surface area contributed by atoms with E-state index < -0.39 is 0 Å². The quantitative estimate of drug-likeness (QED) is 0.850. The number of rotatable bonds is 4. The van der Waals surface area contributed by atoms with E-state index in [0.717, 1.165) is 31.8 Å². The Hall–Kier alpha value is -1.71. The van der Waals surface area contributed by atoms with E-state index in [2.05, 4.69) is 36.1 Å². The van der Waals surface area contributed by atoms with Crippen LogP contribution >= 0.6 is 0 Å². The first-order valence-electron chi connectivity index (χ1n) is 7.86. The van der Waals surface area contributed by atoms with Gasteiger partial charge in [0.1, 0.15) is 5.82 Å². The monoisotopic (exact) mass is 299 g/mol. The van der Waals surface area contributed by atoms with Crippen molar-refractivity contribution in [3.8, 4) is 0 Å². The molecule has 0 radical (unpaired) electrons. The maximum Gasteiger partial charge on any atom is 0.123 e. The van der Waals surface area contributed by atoms with Crippen molar-refractivity contribution in [2.75, 3.05) is 19.7 Å². The van der Waals surface area contributed by atoms with Gasteiger partial charge in [-0.25, -0.2) is 4.39 Å². The molecule has 2 nitrogen and oxygen atoms in total. The van der Waals surface area contributed by atoms with Gasteiger partial charge in [-0.2, -0.15) is 0 Å². The van der Waals surface area contributed by atoms with Crippen LogP contribution in [0, 0.1) is 5.82 Å². The van der Waals surface area contributed by atoms with Crippen LogP contribution < -0.4 is 0 Å². The van der Waals surface area contributed by atoms with Gasteiger partial charge in [-0.3, -0.25) is 4.90 Å². The van der Waals surface area contributed by atoms with E-state index in [1.807, 2.05) is 12.1 Å². The lowest BCUT2D eigenvalue weighted by molar-refractivity contribution is -0.0418. The Bertz CT molecular complexity index is 601. The summed E-state index contributed by atoms with van der Waals surface area (Å²) in [6.45, 7) is 5.62. The largest absolute Gasteiger partial charge is 0.375 e. The number of benzene rings is 2. The van der Waals surface area contributed by atoms with Crippen LogP contribution in [0.2, 0.25) is 0 Å². The van der Waals surface area contributed by atoms with Gasteiger partial charge in [-0.05, 0) is 23.3 Å². The molecule has 3 rings (SSSR count). The van der Waals surface area contributed by atoms with Gasteiger partial charge in [-0.1, -0.05) is 49.4 Å². The summed E-state index contributed by atoms with van der Waals surface area (Å²) >= 11 is 0. The topological polar surface area (TPSA) is 12.5 Å². The molecule has 2 atom stereocenters. The minimum Gasteiger partial charge on any atom is -0.375 e. The first-order chi connectivity index (χ1) is 10.7. The Morgan fingerprint density at radius 3 is 2.77 bits per heavy atom. The molecule has 116 valence electrons. The lowest BCUT2D eigenvalue weighted by Gasteiger charge is -2.36. The summed E-state index contributed by atoms with van der Waals surface area (Å²) in [5.74, 6) is 0.00979. The van der Waals surface area contributed by atoms with Crippen LogP contribution in [0.4, 0.5) is 4.39 Å². The molecule has 1 heterocycles. The number of nitrogens with zero attached hydrogens (tertiary/aromatic N) is 1. The fraction of sp³-hybridized carbons (Fsp3) is 0.368. The standard InChI is InChI=1S/C19H22FNO/c1-15(17-8-5-9-18(20)12-17)19-14-21(10-11-22-19)13-16-6-3-2-4-7-16/h2-9,12,15,19H,10-11,13-14H2,1H3/t15?,19-/m1/s1. The number of halogens is 1. The van der Waals surface area contributed by atoms with Crippen LogP contribution in [-0.4, -0.2) is 30.7 Å². The minimum absolute atomic E-state index is 0.110. The van der Waals surface area contributed by atoms with Crippen molar-refractivity contribution in [3.05, 3.63) is 71.5 Å². The Balaban J connectivity index is 1.65. The highest BCUT2D eigenvalue weighted by molar-refractivity contribution is 5.21. The summed E-state index contributed by atoms with van der Waals surface area (Å²) < 4.78 is 19.3. The second kappa shape index (κ2) is 7.03. The van der Waals surface area contributed by atoms with Gasteiger partial charge in [0.25, 0.3) is 0 Å². The van der Waals surface area contributed by atoms with Gasteiger partial charge in [0.2, 0.25) is 0 Å². The first-order valence-corrected chi connectivity index (χ1v) is 7.86. The highest BCUT2D eigenvalue weighted by atomic mass is 19.1. The maximum absolute atomic E-state index is 13.4. The molecule has 3 heteroatoms. The van der Waals surface area contributed by atoms with E-state index in [9.17, 15) is 4.39 Å². The van der Waals surface area contributed by atoms with Crippen molar-refractivity contribution in [2.24, 2.45) is 0 Å². The maximum atomic E-state index is 13.4. The first kappa shape index (κ1) is 15.2. The zero-order valence-corrected chi connectivity index (χ0v) is 12.9. The summed E-state index contributed by atoms with van der Waals surface area (Å²) in [6, 6.07) is 17.3. The van der Waals surface area contributed by atoms with Crippen LogP contribution in [0.25, 0.3) is 0 Å². The molecule has 0 aliphatic carbocycles. The van der Waals surface area contributed by atoms with Crippen molar-refractivity contribution in [1.82, 2.24) is 4.90 Å². The highest BCUT2D eigenvalue weighted by Gasteiger charge is 2.26. The Kier molecular flexibility index (Phi) is 4.86. The van der Waals surface area contributed by atoms with Gasteiger partial charge < -0.3 is 4.74 Å². The highest BCUT2D eigenvalue weighted by Crippen LogP contribution is 2.25. The molecule has 0 spiro atoms. The molecule has 1 saturated heterocycles. The zero-order valence-electron chi connectivity index (χ0n) is 12.9. The summed E-state index contributed by atoms with van der Waals surface area (Å²) in [5, 5.41) is 0. The van der Waals surface area contributed by atoms with Crippen LogP contribution in [0.15, 0.2) is 54.6 Å². The average molecular weight is 299 g/mol. The average Bonchev–Trinajstić information content (AvgIpc) is 2.55. The predicted molar refractivity (Wildman–Crippen MR) is 86.3 cm³/mol. The van der Waals surface area contributed by atoms with Crippen LogP contribution in [0.1, 0.15) is 24.0 Å². The molecule has 0 N–H and O–H groups in total. The molecule has 0 saturated carbocycles. The number of ether oxygens (including phenoxy) is 1. The SMILES string of the molecule is CC(c1cccc(F)c1)[C@H]1CN(Cc2ccccc2)CCO1. The van der Waals surface area contributed by atoms with Gasteiger partial charge in [-0.15, -0.1) is 0 Å². The van der Waals surface area contributed by atoms with Crippen molar-refractivity contribution < 1.29 is 9.13 Å². The van der Waals surface area contributed by atoms with E-state index in [0.29, 0.717) is 0 Å². The molecule has 1 aliphatic heterocycles. The van der Waals surface area contributed by atoms with E-state index in [-0.39, 0.29) is 17.8 Å². The second-order valence-electron chi connectivity index (χ2n) is 5.97. The predicted octanol–water partition coefficient (Wildman–Crippen LogP) is 3.83. The lowest BCUT2D eigenvalue weighted by atomic mass is 9.94. The van der Waals surface area contributed by atoms with Crippen molar-refractivity contribution in [3.63, 3.8) is 0 Å². The molecule has 1 aliphatic rings. The number of hydrogen-bond acceptors (Lipinski definition) is 2. The zero-order chi connectivity index (χ0) is 15.4. The summed E-state index contributed by atoms with van der Waals surface area (Å²) in [6.07, 6.45) is 0.110. The van der Waals surface area contributed by atoms with Gasteiger partial charge in [0, 0.05) is 25.6 Å². The molecular formula is C19H22FNO. The molecule has 1 fully saturated rings. The van der Waals surface area contributed by atoms with Crippen molar-refractivity contribution >= 4 is 0 Å². The Morgan fingerprint density at radius 2 is 2.00 bits per heavy atom. The summed E-state index contributed by atoms with van der Waals surface area (Å²) in [4.78, 5) is 2.42. The third-order valence-corrected chi connectivity index (χ3v) is 4.36. The third kappa shape index (κ3) is 3.73. The second-order valence-corrected chi connectivity index (χ2v) is 5.97. The van der Waals surface area contributed by atoms with Gasteiger partial charge in [0.05, 0.1) is 12.7 Å². The molecule has 0 bridgehead atoms. The van der Waals surface area contributed by atoms with E-state index in [4.69, 9.17) is 4.74 Å². The molecular weight excluding hydrogens is 277 g/mol.